The Balaban J connectivity index is 1.71. The van der Waals surface area contributed by atoms with Crippen molar-refractivity contribution in [3.63, 3.8) is 0 Å². The molecule has 20 heavy (non-hydrogen) atoms. The Morgan fingerprint density at radius 3 is 3.00 bits per heavy atom. The number of hydrogen-bond acceptors (Lipinski definition) is 4. The highest BCUT2D eigenvalue weighted by Gasteiger charge is 2.21. The van der Waals surface area contributed by atoms with E-state index in [4.69, 9.17) is 4.74 Å². The SMILES string of the molecule is CCCNCC1COCCN1CCSc1ccccc1. The zero-order chi connectivity index (χ0) is 14.0. The monoisotopic (exact) mass is 294 g/mol. The summed E-state index contributed by atoms with van der Waals surface area (Å²) in [5.74, 6) is 1.15. The predicted octanol–water partition coefficient (Wildman–Crippen LogP) is 2.48. The normalized spacial score (nSPS) is 20.1. The van der Waals surface area contributed by atoms with E-state index in [1.807, 2.05) is 11.8 Å². The predicted molar refractivity (Wildman–Crippen MR) is 86.5 cm³/mol. The molecule has 1 aliphatic rings. The van der Waals surface area contributed by atoms with Crippen LogP contribution in [0.5, 0.6) is 0 Å². The van der Waals surface area contributed by atoms with Crippen LogP contribution in [-0.4, -0.2) is 56.1 Å². The van der Waals surface area contributed by atoms with E-state index in [0.717, 1.165) is 45.1 Å². The number of morpholine rings is 1. The molecule has 1 unspecified atom stereocenters. The van der Waals surface area contributed by atoms with Crippen LogP contribution in [0.1, 0.15) is 13.3 Å². The molecule has 0 radical (unpaired) electrons. The largest absolute Gasteiger partial charge is 0.378 e. The third-order valence-corrected chi connectivity index (χ3v) is 4.54. The van der Waals surface area contributed by atoms with E-state index >= 15 is 0 Å². The highest BCUT2D eigenvalue weighted by Crippen LogP contribution is 2.17. The maximum atomic E-state index is 5.62. The summed E-state index contributed by atoms with van der Waals surface area (Å²) in [6.07, 6.45) is 1.19. The quantitative estimate of drug-likeness (QED) is 0.588. The average Bonchev–Trinajstić information content (AvgIpc) is 2.50. The lowest BCUT2D eigenvalue weighted by atomic mass is 10.2. The highest BCUT2D eigenvalue weighted by atomic mass is 32.2. The fraction of sp³-hybridized carbons (Fsp3) is 0.625. The maximum absolute atomic E-state index is 5.62. The lowest BCUT2D eigenvalue weighted by molar-refractivity contribution is -0.00351. The Kier molecular flexibility index (Phi) is 7.44. The molecule has 1 aromatic rings. The summed E-state index contributed by atoms with van der Waals surface area (Å²) in [5, 5.41) is 3.51. The first-order valence-electron chi connectivity index (χ1n) is 7.60. The van der Waals surface area contributed by atoms with Crippen molar-refractivity contribution in [3.05, 3.63) is 30.3 Å². The summed E-state index contributed by atoms with van der Waals surface area (Å²) in [5.41, 5.74) is 0. The molecule has 1 aromatic carbocycles. The van der Waals surface area contributed by atoms with Crippen LogP contribution < -0.4 is 5.32 Å². The van der Waals surface area contributed by atoms with Gasteiger partial charge >= 0.3 is 0 Å². The van der Waals surface area contributed by atoms with Crippen molar-refractivity contribution in [2.45, 2.75) is 24.3 Å². The van der Waals surface area contributed by atoms with Gasteiger partial charge in [0, 0.05) is 36.3 Å². The first-order chi connectivity index (χ1) is 9.90. The molecule has 0 amide bonds. The van der Waals surface area contributed by atoms with Gasteiger partial charge in [0.15, 0.2) is 0 Å². The van der Waals surface area contributed by atoms with Gasteiger partial charge in [-0.3, -0.25) is 4.90 Å². The van der Waals surface area contributed by atoms with Gasteiger partial charge in [-0.1, -0.05) is 25.1 Å². The molecule has 4 heteroatoms. The van der Waals surface area contributed by atoms with Gasteiger partial charge in [0.1, 0.15) is 0 Å². The molecule has 0 bridgehead atoms. The fourth-order valence-corrected chi connectivity index (χ4v) is 3.33. The molecular formula is C16H26N2OS. The zero-order valence-electron chi connectivity index (χ0n) is 12.4. The van der Waals surface area contributed by atoms with E-state index in [1.54, 1.807) is 0 Å². The Hall–Kier alpha value is -0.550. The first kappa shape index (κ1) is 15.8. The van der Waals surface area contributed by atoms with Crippen molar-refractivity contribution < 1.29 is 4.74 Å². The lowest BCUT2D eigenvalue weighted by Gasteiger charge is -2.35. The van der Waals surface area contributed by atoms with Crippen LogP contribution in [-0.2, 0) is 4.74 Å². The molecular weight excluding hydrogens is 268 g/mol. The minimum Gasteiger partial charge on any atom is -0.378 e. The Morgan fingerprint density at radius 1 is 1.35 bits per heavy atom. The minimum atomic E-state index is 0.534. The van der Waals surface area contributed by atoms with E-state index in [9.17, 15) is 0 Å². The second kappa shape index (κ2) is 9.40. The van der Waals surface area contributed by atoms with Crippen molar-refractivity contribution >= 4 is 11.8 Å². The van der Waals surface area contributed by atoms with E-state index in [2.05, 4.69) is 47.5 Å². The summed E-state index contributed by atoms with van der Waals surface area (Å²) in [7, 11) is 0. The van der Waals surface area contributed by atoms with Gasteiger partial charge in [-0.2, -0.15) is 0 Å². The molecule has 0 aromatic heterocycles. The molecule has 2 rings (SSSR count). The number of hydrogen-bond donors (Lipinski definition) is 1. The fourth-order valence-electron chi connectivity index (χ4n) is 2.41. The first-order valence-corrected chi connectivity index (χ1v) is 8.59. The Labute approximate surface area is 127 Å². The molecule has 0 spiro atoms. The molecule has 1 N–H and O–H groups in total. The summed E-state index contributed by atoms with van der Waals surface area (Å²) < 4.78 is 5.62. The topological polar surface area (TPSA) is 24.5 Å². The van der Waals surface area contributed by atoms with Crippen LogP contribution in [0.2, 0.25) is 0 Å². The molecule has 3 nitrogen and oxygen atoms in total. The number of thioether (sulfide) groups is 1. The summed E-state index contributed by atoms with van der Waals surface area (Å²) in [6.45, 7) is 8.30. The smallest absolute Gasteiger partial charge is 0.0634 e. The summed E-state index contributed by atoms with van der Waals surface area (Å²) in [4.78, 5) is 3.93. The molecule has 1 aliphatic heterocycles. The Bertz CT molecular complexity index is 361. The third kappa shape index (κ3) is 5.44. The third-order valence-electron chi connectivity index (χ3n) is 3.55. The van der Waals surface area contributed by atoms with Gasteiger partial charge in [0.25, 0.3) is 0 Å². The molecule has 1 atom stereocenters. The molecule has 1 fully saturated rings. The standard InChI is InChI=1S/C16H26N2OS/c1-2-8-17-13-15-14-19-11-9-18(15)10-12-20-16-6-4-3-5-7-16/h3-7,15,17H,2,8-14H2,1H3. The molecule has 1 saturated heterocycles. The molecule has 0 aliphatic carbocycles. The summed E-state index contributed by atoms with van der Waals surface area (Å²) in [6, 6.07) is 11.2. The number of ether oxygens (including phenoxy) is 1. The number of nitrogens with one attached hydrogen (secondary N) is 1. The van der Waals surface area contributed by atoms with Crippen LogP contribution in [0.15, 0.2) is 35.2 Å². The van der Waals surface area contributed by atoms with Crippen molar-refractivity contribution in [2.24, 2.45) is 0 Å². The van der Waals surface area contributed by atoms with E-state index in [-0.39, 0.29) is 0 Å². The van der Waals surface area contributed by atoms with Crippen LogP contribution >= 0.6 is 11.8 Å². The van der Waals surface area contributed by atoms with Crippen molar-refractivity contribution in [2.75, 3.05) is 45.1 Å². The summed E-state index contributed by atoms with van der Waals surface area (Å²) >= 11 is 1.94. The Morgan fingerprint density at radius 2 is 2.20 bits per heavy atom. The highest BCUT2D eigenvalue weighted by molar-refractivity contribution is 7.99. The number of rotatable bonds is 8. The lowest BCUT2D eigenvalue weighted by Crippen LogP contribution is -2.51. The zero-order valence-corrected chi connectivity index (χ0v) is 13.2. The van der Waals surface area contributed by atoms with Crippen LogP contribution in [0, 0.1) is 0 Å². The molecule has 112 valence electrons. The van der Waals surface area contributed by atoms with E-state index in [1.165, 1.54) is 11.3 Å². The van der Waals surface area contributed by atoms with Crippen molar-refractivity contribution in [1.29, 1.82) is 0 Å². The maximum Gasteiger partial charge on any atom is 0.0634 e. The molecule has 1 heterocycles. The van der Waals surface area contributed by atoms with Gasteiger partial charge in [0.05, 0.1) is 13.2 Å². The van der Waals surface area contributed by atoms with Crippen molar-refractivity contribution in [1.82, 2.24) is 10.2 Å². The van der Waals surface area contributed by atoms with Crippen LogP contribution in [0.4, 0.5) is 0 Å². The van der Waals surface area contributed by atoms with Crippen LogP contribution in [0.3, 0.4) is 0 Å². The van der Waals surface area contributed by atoms with E-state index in [0.29, 0.717) is 6.04 Å². The van der Waals surface area contributed by atoms with Gasteiger partial charge in [-0.25, -0.2) is 0 Å². The van der Waals surface area contributed by atoms with Gasteiger partial charge in [-0.15, -0.1) is 11.8 Å². The van der Waals surface area contributed by atoms with Crippen molar-refractivity contribution in [3.8, 4) is 0 Å². The number of nitrogens with zero attached hydrogens (tertiary/aromatic N) is 1. The number of benzene rings is 1. The second-order valence-electron chi connectivity index (χ2n) is 5.13. The van der Waals surface area contributed by atoms with E-state index < -0.39 is 0 Å². The van der Waals surface area contributed by atoms with Crippen LogP contribution in [0.25, 0.3) is 0 Å². The molecule has 0 saturated carbocycles. The average molecular weight is 294 g/mol. The van der Waals surface area contributed by atoms with Gasteiger partial charge in [0.2, 0.25) is 0 Å². The second-order valence-corrected chi connectivity index (χ2v) is 6.30. The minimum absolute atomic E-state index is 0.534. The van der Waals surface area contributed by atoms with Gasteiger partial charge < -0.3 is 10.1 Å². The van der Waals surface area contributed by atoms with Gasteiger partial charge in [-0.05, 0) is 25.1 Å².